The summed E-state index contributed by atoms with van der Waals surface area (Å²) >= 11 is 0. The van der Waals surface area contributed by atoms with E-state index in [0.29, 0.717) is 12.8 Å². The van der Waals surface area contributed by atoms with Crippen molar-refractivity contribution in [3.05, 3.63) is 12.2 Å². The largest absolute Gasteiger partial charge is 0.472 e. The van der Waals surface area contributed by atoms with Crippen LogP contribution in [-0.2, 0) is 32.7 Å². The van der Waals surface area contributed by atoms with Crippen molar-refractivity contribution in [3.8, 4) is 0 Å². The fourth-order valence-electron chi connectivity index (χ4n) is 5.48. The summed E-state index contributed by atoms with van der Waals surface area (Å²) in [6.45, 7) is 3.87. The molecule has 0 aromatic rings. The van der Waals surface area contributed by atoms with E-state index >= 15 is 0 Å². The topological polar surface area (TPSA) is 108 Å². The summed E-state index contributed by atoms with van der Waals surface area (Å²) in [4.78, 5) is 34.3. The highest BCUT2D eigenvalue weighted by atomic mass is 31.2. The van der Waals surface area contributed by atoms with Crippen molar-refractivity contribution < 1.29 is 37.6 Å². The first-order valence-electron chi connectivity index (χ1n) is 19.4. The molecule has 0 aliphatic carbocycles. The van der Waals surface area contributed by atoms with Gasteiger partial charge in [0, 0.05) is 20.0 Å². The Hall–Kier alpha value is -1.21. The van der Waals surface area contributed by atoms with Crippen LogP contribution in [0, 0.1) is 0 Å². The number of phosphoric acid groups is 1. The monoisotopic (exact) mass is 689 g/mol. The zero-order valence-electron chi connectivity index (χ0n) is 30.7. The molecule has 0 saturated heterocycles. The van der Waals surface area contributed by atoms with Crippen molar-refractivity contribution in [3.63, 3.8) is 0 Å². The molecule has 0 spiro atoms. The minimum atomic E-state index is -4.25. The second-order valence-electron chi connectivity index (χ2n) is 13.1. The van der Waals surface area contributed by atoms with E-state index in [0.717, 1.165) is 58.5 Å². The summed E-state index contributed by atoms with van der Waals surface area (Å²) in [7, 11) is -3.19. The van der Waals surface area contributed by atoms with Crippen molar-refractivity contribution in [2.45, 2.75) is 200 Å². The van der Waals surface area contributed by atoms with Crippen LogP contribution < -0.4 is 0 Å². The average molecular weight is 689 g/mol. The number of unbranched alkanes of at least 4 members (excludes halogenated alkanes) is 23. The Morgan fingerprint density at radius 3 is 1.40 bits per heavy atom. The smallest absolute Gasteiger partial charge is 0.462 e. The third-order valence-corrected chi connectivity index (χ3v) is 9.45. The normalized spacial score (nSPS) is 13.5. The molecule has 0 radical (unpaired) electrons. The molecule has 0 heterocycles. The first kappa shape index (κ1) is 45.8. The van der Waals surface area contributed by atoms with Gasteiger partial charge in [0.2, 0.25) is 0 Å². The fraction of sp³-hybridized carbons (Fsp3) is 0.895. The Morgan fingerprint density at radius 2 is 0.957 bits per heavy atom. The molecular formula is C38H73O8P. The highest BCUT2D eigenvalue weighted by Crippen LogP contribution is 2.42. The zero-order valence-corrected chi connectivity index (χ0v) is 31.6. The van der Waals surface area contributed by atoms with Crippen LogP contribution in [0.25, 0.3) is 0 Å². The Bertz CT molecular complexity index is 788. The number of ether oxygens (including phenoxy) is 2. The summed E-state index contributed by atoms with van der Waals surface area (Å²) in [5, 5.41) is 0. The van der Waals surface area contributed by atoms with E-state index in [1.165, 1.54) is 109 Å². The Labute approximate surface area is 289 Å². The number of carbonyl (C=O) groups excluding carboxylic acids is 2. The number of esters is 2. The van der Waals surface area contributed by atoms with Crippen LogP contribution in [-0.4, -0.2) is 43.3 Å². The van der Waals surface area contributed by atoms with Crippen molar-refractivity contribution in [1.82, 2.24) is 0 Å². The van der Waals surface area contributed by atoms with Gasteiger partial charge in [-0.3, -0.25) is 18.6 Å². The lowest BCUT2D eigenvalue weighted by Crippen LogP contribution is -2.29. The molecule has 0 bridgehead atoms. The Balaban J connectivity index is 4.03. The van der Waals surface area contributed by atoms with Crippen molar-refractivity contribution >= 4 is 19.8 Å². The van der Waals surface area contributed by atoms with Crippen LogP contribution in [0.4, 0.5) is 0 Å². The molecule has 1 N–H and O–H groups in total. The average Bonchev–Trinajstić information content (AvgIpc) is 3.06. The lowest BCUT2D eigenvalue weighted by atomic mass is 10.0. The summed E-state index contributed by atoms with van der Waals surface area (Å²) in [5.74, 6) is -0.806. The van der Waals surface area contributed by atoms with Gasteiger partial charge in [0.1, 0.15) is 6.61 Å². The lowest BCUT2D eigenvalue weighted by molar-refractivity contribution is -0.161. The highest BCUT2D eigenvalue weighted by molar-refractivity contribution is 7.47. The van der Waals surface area contributed by atoms with Gasteiger partial charge in [-0.15, -0.1) is 0 Å². The molecule has 8 nitrogen and oxygen atoms in total. The number of carbonyl (C=O) groups is 2. The van der Waals surface area contributed by atoms with Gasteiger partial charge in [-0.05, 0) is 38.5 Å². The number of hydrogen-bond donors (Lipinski definition) is 1. The maximum Gasteiger partial charge on any atom is 0.472 e. The molecule has 2 unspecified atom stereocenters. The first-order chi connectivity index (χ1) is 22.8. The predicted molar refractivity (Wildman–Crippen MR) is 193 cm³/mol. The van der Waals surface area contributed by atoms with Gasteiger partial charge in [-0.1, -0.05) is 154 Å². The minimum Gasteiger partial charge on any atom is -0.462 e. The molecular weight excluding hydrogens is 615 g/mol. The molecule has 0 saturated carbocycles. The van der Waals surface area contributed by atoms with Crippen LogP contribution in [0.15, 0.2) is 12.2 Å². The molecule has 0 aliphatic heterocycles. The van der Waals surface area contributed by atoms with Crippen molar-refractivity contribution in [1.29, 1.82) is 0 Å². The Kier molecular flexibility index (Phi) is 33.8. The Morgan fingerprint density at radius 1 is 0.574 bits per heavy atom. The van der Waals surface area contributed by atoms with E-state index in [2.05, 4.69) is 30.5 Å². The maximum absolute atomic E-state index is 12.4. The second kappa shape index (κ2) is 34.6. The second-order valence-corrected chi connectivity index (χ2v) is 14.6. The van der Waals surface area contributed by atoms with Gasteiger partial charge < -0.3 is 14.4 Å². The number of phosphoric ester groups is 1. The fourth-order valence-corrected chi connectivity index (χ4v) is 5.94. The maximum atomic E-state index is 12.4. The molecule has 47 heavy (non-hydrogen) atoms. The van der Waals surface area contributed by atoms with Gasteiger partial charge >= 0.3 is 19.8 Å². The molecule has 0 aromatic carbocycles. The third-order valence-electron chi connectivity index (χ3n) is 8.51. The number of allylic oxidation sites excluding steroid dienone is 2. The van der Waals surface area contributed by atoms with Crippen molar-refractivity contribution in [2.75, 3.05) is 20.3 Å². The van der Waals surface area contributed by atoms with E-state index in [4.69, 9.17) is 14.0 Å². The van der Waals surface area contributed by atoms with Crippen molar-refractivity contribution in [2.24, 2.45) is 0 Å². The first-order valence-corrected chi connectivity index (χ1v) is 20.9. The van der Waals surface area contributed by atoms with E-state index in [1.807, 2.05) is 0 Å². The van der Waals surface area contributed by atoms with Crippen LogP contribution in [0.2, 0.25) is 0 Å². The molecule has 2 atom stereocenters. The molecule has 0 fully saturated rings. The minimum absolute atomic E-state index is 0.223. The number of rotatable bonds is 36. The molecule has 9 heteroatoms. The molecule has 0 aromatic heterocycles. The van der Waals surface area contributed by atoms with Crippen LogP contribution in [0.3, 0.4) is 0 Å². The standard InChI is InChI=1S/C38H73O8P/c1-4-6-8-10-12-14-16-18-19-21-22-24-26-28-30-32-37(39)44-34-36(35-45-47(41,42)43-3)46-38(40)33-31-29-27-25-23-20-17-15-13-11-9-7-5-2/h15,17,36H,4-14,16,18-35H2,1-3H3,(H,41,42)/b17-15-. The highest BCUT2D eigenvalue weighted by Gasteiger charge is 2.24. The lowest BCUT2D eigenvalue weighted by Gasteiger charge is -2.19. The molecule has 0 aliphatic rings. The molecule has 278 valence electrons. The van der Waals surface area contributed by atoms with Gasteiger partial charge in [0.15, 0.2) is 6.10 Å². The summed E-state index contributed by atoms with van der Waals surface area (Å²) < 4.78 is 31.9. The SMILES string of the molecule is CCCCCC/C=C\CCCCCCCC(=O)OC(COC(=O)CCCCCCCCCCCCCCCCC)COP(=O)(O)OC. The summed E-state index contributed by atoms with van der Waals surface area (Å²) in [6.07, 6.45) is 35.4. The van der Waals surface area contributed by atoms with Crippen LogP contribution in [0.5, 0.6) is 0 Å². The van der Waals surface area contributed by atoms with Gasteiger partial charge in [0.25, 0.3) is 0 Å². The predicted octanol–water partition coefficient (Wildman–Crippen LogP) is 11.7. The summed E-state index contributed by atoms with van der Waals surface area (Å²) in [5.41, 5.74) is 0. The zero-order chi connectivity index (χ0) is 34.7. The molecule has 0 amide bonds. The number of hydrogen-bond acceptors (Lipinski definition) is 7. The van der Waals surface area contributed by atoms with Gasteiger partial charge in [0.05, 0.1) is 6.61 Å². The quantitative estimate of drug-likeness (QED) is 0.0300. The van der Waals surface area contributed by atoms with Gasteiger partial charge in [-0.25, -0.2) is 4.57 Å². The van der Waals surface area contributed by atoms with E-state index in [1.54, 1.807) is 0 Å². The third kappa shape index (κ3) is 34.5. The van der Waals surface area contributed by atoms with Crippen LogP contribution >= 0.6 is 7.82 Å². The van der Waals surface area contributed by atoms with E-state index in [-0.39, 0.29) is 19.0 Å². The van der Waals surface area contributed by atoms with E-state index < -0.39 is 26.5 Å². The summed E-state index contributed by atoms with van der Waals surface area (Å²) in [6, 6.07) is 0. The molecule has 0 rings (SSSR count). The van der Waals surface area contributed by atoms with E-state index in [9.17, 15) is 19.0 Å². The van der Waals surface area contributed by atoms with Crippen LogP contribution in [0.1, 0.15) is 194 Å². The van der Waals surface area contributed by atoms with Gasteiger partial charge in [-0.2, -0.15) is 0 Å².